The summed E-state index contributed by atoms with van der Waals surface area (Å²) < 4.78 is 3.90. The van der Waals surface area contributed by atoms with Crippen LogP contribution in [0.4, 0.5) is 5.82 Å². The molecule has 0 aliphatic carbocycles. The summed E-state index contributed by atoms with van der Waals surface area (Å²) in [5.74, 6) is 0.560. The minimum absolute atomic E-state index is 0.560. The molecule has 0 saturated carbocycles. The SMILES string of the molecule is Nc1nn(Cc2cn3ccccc3n2)c2ccccc12. The topological polar surface area (TPSA) is 61.1 Å². The average molecular weight is 263 g/mol. The summed E-state index contributed by atoms with van der Waals surface area (Å²) in [6.45, 7) is 0.611. The first-order valence-electron chi connectivity index (χ1n) is 6.45. The molecule has 5 heteroatoms. The lowest BCUT2D eigenvalue weighted by atomic mass is 10.2. The van der Waals surface area contributed by atoms with Crippen molar-refractivity contribution in [1.82, 2.24) is 19.2 Å². The summed E-state index contributed by atoms with van der Waals surface area (Å²) in [6, 6.07) is 13.9. The first kappa shape index (κ1) is 11.0. The summed E-state index contributed by atoms with van der Waals surface area (Å²) >= 11 is 0. The third kappa shape index (κ3) is 1.64. The first-order valence-corrected chi connectivity index (χ1v) is 6.45. The molecule has 1 aromatic carbocycles. The molecule has 5 nitrogen and oxygen atoms in total. The van der Waals surface area contributed by atoms with E-state index in [0.29, 0.717) is 12.4 Å². The molecule has 20 heavy (non-hydrogen) atoms. The van der Waals surface area contributed by atoms with Gasteiger partial charge in [0.2, 0.25) is 0 Å². The number of aromatic nitrogens is 4. The fourth-order valence-electron chi connectivity index (χ4n) is 2.49. The highest BCUT2D eigenvalue weighted by Crippen LogP contribution is 2.20. The molecule has 0 aliphatic heterocycles. The zero-order valence-electron chi connectivity index (χ0n) is 10.8. The van der Waals surface area contributed by atoms with E-state index in [2.05, 4.69) is 10.1 Å². The molecule has 0 bridgehead atoms. The van der Waals surface area contributed by atoms with E-state index in [1.807, 2.05) is 63.9 Å². The minimum Gasteiger partial charge on any atom is -0.382 e. The maximum atomic E-state index is 5.95. The van der Waals surface area contributed by atoms with Gasteiger partial charge in [-0.1, -0.05) is 18.2 Å². The third-order valence-electron chi connectivity index (χ3n) is 3.41. The van der Waals surface area contributed by atoms with Gasteiger partial charge in [0.15, 0.2) is 5.82 Å². The monoisotopic (exact) mass is 263 g/mol. The fraction of sp³-hybridized carbons (Fsp3) is 0.0667. The van der Waals surface area contributed by atoms with Gasteiger partial charge in [0.1, 0.15) is 5.65 Å². The summed E-state index contributed by atoms with van der Waals surface area (Å²) in [5.41, 5.74) is 8.88. The standard InChI is InChI=1S/C15H13N5/c16-15-12-5-1-2-6-13(12)20(18-15)10-11-9-19-8-4-3-7-14(19)17-11/h1-9H,10H2,(H2,16,18). The van der Waals surface area contributed by atoms with Crippen LogP contribution in [0.15, 0.2) is 54.9 Å². The van der Waals surface area contributed by atoms with E-state index in [9.17, 15) is 0 Å². The van der Waals surface area contributed by atoms with E-state index in [0.717, 1.165) is 22.2 Å². The molecule has 0 unspecified atom stereocenters. The van der Waals surface area contributed by atoms with Gasteiger partial charge in [0.05, 0.1) is 17.8 Å². The maximum Gasteiger partial charge on any atom is 0.153 e. The molecule has 0 aliphatic rings. The molecule has 0 amide bonds. The number of imidazole rings is 1. The number of rotatable bonds is 2. The molecule has 0 spiro atoms. The van der Waals surface area contributed by atoms with Gasteiger partial charge in [-0.2, -0.15) is 5.10 Å². The molecular weight excluding hydrogens is 250 g/mol. The Morgan fingerprint density at radius 1 is 1.05 bits per heavy atom. The zero-order valence-corrected chi connectivity index (χ0v) is 10.8. The Kier molecular flexibility index (Phi) is 2.26. The first-order chi connectivity index (χ1) is 9.81. The quantitative estimate of drug-likeness (QED) is 0.603. The fourth-order valence-corrected chi connectivity index (χ4v) is 2.49. The van der Waals surface area contributed by atoms with Gasteiger partial charge in [-0.3, -0.25) is 4.68 Å². The lowest BCUT2D eigenvalue weighted by Gasteiger charge is -1.99. The van der Waals surface area contributed by atoms with Crippen LogP contribution in [0.2, 0.25) is 0 Å². The van der Waals surface area contributed by atoms with Gasteiger partial charge in [-0.15, -0.1) is 0 Å². The van der Waals surface area contributed by atoms with Crippen molar-refractivity contribution >= 4 is 22.4 Å². The van der Waals surface area contributed by atoms with Crippen LogP contribution in [0.1, 0.15) is 5.69 Å². The van der Waals surface area contributed by atoms with Crippen molar-refractivity contribution in [3.05, 3.63) is 60.6 Å². The van der Waals surface area contributed by atoms with E-state index < -0.39 is 0 Å². The molecule has 4 rings (SSSR count). The number of hydrogen-bond acceptors (Lipinski definition) is 3. The summed E-state index contributed by atoms with van der Waals surface area (Å²) in [4.78, 5) is 4.59. The largest absolute Gasteiger partial charge is 0.382 e. The Balaban J connectivity index is 1.80. The van der Waals surface area contributed by atoms with Gasteiger partial charge in [0.25, 0.3) is 0 Å². The summed E-state index contributed by atoms with van der Waals surface area (Å²) in [7, 11) is 0. The lowest BCUT2D eigenvalue weighted by Crippen LogP contribution is -2.02. The zero-order chi connectivity index (χ0) is 13.5. The normalized spacial score (nSPS) is 11.4. The smallest absolute Gasteiger partial charge is 0.153 e. The molecule has 0 atom stereocenters. The molecule has 3 heterocycles. The van der Waals surface area contributed by atoms with Crippen LogP contribution in [-0.2, 0) is 6.54 Å². The predicted octanol–water partition coefficient (Wildman–Crippen LogP) is 2.31. The van der Waals surface area contributed by atoms with Crippen molar-refractivity contribution in [3.63, 3.8) is 0 Å². The number of nitrogens with zero attached hydrogens (tertiary/aromatic N) is 4. The van der Waals surface area contributed by atoms with Crippen LogP contribution < -0.4 is 5.73 Å². The number of benzene rings is 1. The van der Waals surface area contributed by atoms with Crippen LogP contribution >= 0.6 is 0 Å². The second kappa shape index (κ2) is 4.09. The van der Waals surface area contributed by atoms with Crippen LogP contribution in [0.5, 0.6) is 0 Å². The van der Waals surface area contributed by atoms with E-state index in [4.69, 9.17) is 5.73 Å². The number of nitrogens with two attached hydrogens (primary N) is 1. The number of pyridine rings is 1. The second-order valence-electron chi connectivity index (χ2n) is 4.76. The number of hydrogen-bond donors (Lipinski definition) is 1. The van der Waals surface area contributed by atoms with Crippen LogP contribution in [0.3, 0.4) is 0 Å². The van der Waals surface area contributed by atoms with Crippen LogP contribution in [-0.4, -0.2) is 19.2 Å². The van der Waals surface area contributed by atoms with Gasteiger partial charge < -0.3 is 10.1 Å². The van der Waals surface area contributed by atoms with Crippen molar-refractivity contribution in [2.45, 2.75) is 6.54 Å². The third-order valence-corrected chi connectivity index (χ3v) is 3.41. The summed E-state index contributed by atoms with van der Waals surface area (Å²) in [6.07, 6.45) is 4.00. The lowest BCUT2D eigenvalue weighted by molar-refractivity contribution is 0.704. The predicted molar refractivity (Wildman–Crippen MR) is 78.4 cm³/mol. The molecule has 0 saturated heterocycles. The van der Waals surface area contributed by atoms with Gasteiger partial charge in [0, 0.05) is 17.8 Å². The van der Waals surface area contributed by atoms with Crippen molar-refractivity contribution in [2.75, 3.05) is 5.73 Å². The average Bonchev–Trinajstić information content (AvgIpc) is 3.01. The van der Waals surface area contributed by atoms with E-state index in [1.165, 1.54) is 0 Å². The molecule has 0 fully saturated rings. The van der Waals surface area contributed by atoms with E-state index in [1.54, 1.807) is 0 Å². The van der Waals surface area contributed by atoms with Crippen LogP contribution in [0.25, 0.3) is 16.6 Å². The molecule has 4 aromatic rings. The second-order valence-corrected chi connectivity index (χ2v) is 4.76. The molecule has 98 valence electrons. The molecule has 3 aromatic heterocycles. The number of anilines is 1. The number of fused-ring (bicyclic) bond motifs is 2. The molecular formula is C15H13N5. The Hall–Kier alpha value is -2.82. The maximum absolute atomic E-state index is 5.95. The van der Waals surface area contributed by atoms with Crippen molar-refractivity contribution in [2.24, 2.45) is 0 Å². The Bertz CT molecular complexity index is 870. The highest BCUT2D eigenvalue weighted by atomic mass is 15.3. The van der Waals surface area contributed by atoms with Crippen molar-refractivity contribution in [3.8, 4) is 0 Å². The van der Waals surface area contributed by atoms with Gasteiger partial charge >= 0.3 is 0 Å². The Labute approximate surface area is 115 Å². The van der Waals surface area contributed by atoms with E-state index >= 15 is 0 Å². The van der Waals surface area contributed by atoms with E-state index in [-0.39, 0.29) is 0 Å². The van der Waals surface area contributed by atoms with Crippen LogP contribution in [0, 0.1) is 0 Å². The number of para-hydroxylation sites is 1. The molecule has 2 N–H and O–H groups in total. The highest BCUT2D eigenvalue weighted by molar-refractivity contribution is 5.89. The van der Waals surface area contributed by atoms with Crippen molar-refractivity contribution < 1.29 is 0 Å². The minimum atomic E-state index is 0.560. The van der Waals surface area contributed by atoms with Gasteiger partial charge in [-0.25, -0.2) is 4.98 Å². The number of nitrogen functional groups attached to an aromatic ring is 1. The summed E-state index contributed by atoms with van der Waals surface area (Å²) in [5, 5.41) is 5.38. The Morgan fingerprint density at radius 3 is 2.80 bits per heavy atom. The van der Waals surface area contributed by atoms with Crippen molar-refractivity contribution in [1.29, 1.82) is 0 Å². The molecule has 0 radical (unpaired) electrons. The highest BCUT2D eigenvalue weighted by Gasteiger charge is 2.09. The Morgan fingerprint density at radius 2 is 1.90 bits per heavy atom. The van der Waals surface area contributed by atoms with Gasteiger partial charge in [-0.05, 0) is 24.3 Å².